The van der Waals surface area contributed by atoms with Gasteiger partial charge in [-0.1, -0.05) is 13.3 Å². The Kier molecular flexibility index (Phi) is 5.07. The molecule has 0 unspecified atom stereocenters. The van der Waals surface area contributed by atoms with Crippen molar-refractivity contribution in [1.82, 2.24) is 14.7 Å². The van der Waals surface area contributed by atoms with Gasteiger partial charge in [-0.05, 0) is 37.7 Å². The Morgan fingerprint density at radius 1 is 1.42 bits per heavy atom. The van der Waals surface area contributed by atoms with Crippen LogP contribution in [0, 0.1) is 17.3 Å². The Balaban J connectivity index is 1.49. The van der Waals surface area contributed by atoms with E-state index >= 15 is 0 Å². The van der Waals surface area contributed by atoms with Gasteiger partial charge < -0.3 is 10.0 Å². The minimum Gasteiger partial charge on any atom is -0.396 e. The summed E-state index contributed by atoms with van der Waals surface area (Å²) >= 11 is 0. The summed E-state index contributed by atoms with van der Waals surface area (Å²) in [5.41, 5.74) is -0.0963. The smallest absolute Gasteiger partial charge is 0.396 e. The van der Waals surface area contributed by atoms with Crippen LogP contribution in [-0.2, 0) is 24.4 Å². The van der Waals surface area contributed by atoms with Crippen molar-refractivity contribution in [2.75, 3.05) is 19.7 Å². The van der Waals surface area contributed by atoms with Crippen LogP contribution in [-0.4, -0.2) is 45.4 Å². The maximum absolute atomic E-state index is 12.7. The number of carbonyl (C=O) groups is 1. The van der Waals surface area contributed by atoms with Crippen LogP contribution in [0.2, 0.25) is 0 Å². The highest BCUT2D eigenvalue weighted by molar-refractivity contribution is 5.80. The molecule has 0 aromatic carbocycles. The van der Waals surface area contributed by atoms with Crippen molar-refractivity contribution < 1.29 is 23.1 Å². The molecule has 146 valence electrons. The molecule has 1 saturated carbocycles. The topological polar surface area (TPSA) is 58.4 Å². The molecule has 1 N–H and O–H groups in total. The van der Waals surface area contributed by atoms with E-state index in [1.165, 1.54) is 4.68 Å². The summed E-state index contributed by atoms with van der Waals surface area (Å²) in [7, 11) is 1.55. The lowest BCUT2D eigenvalue weighted by Crippen LogP contribution is -2.65. The molecule has 1 aliphatic heterocycles. The van der Waals surface area contributed by atoms with Crippen LogP contribution in [0.1, 0.15) is 44.0 Å². The Morgan fingerprint density at radius 2 is 2.08 bits per heavy atom. The number of aromatic nitrogens is 2. The van der Waals surface area contributed by atoms with Gasteiger partial charge in [0.05, 0.1) is 12.5 Å². The number of aliphatic hydroxyl groups is 1. The number of hydrogen-bond donors (Lipinski definition) is 1. The third-order valence-electron chi connectivity index (χ3n) is 5.78. The van der Waals surface area contributed by atoms with E-state index in [2.05, 4.69) is 5.10 Å². The summed E-state index contributed by atoms with van der Waals surface area (Å²) in [5, 5.41) is 12.9. The molecule has 5 nitrogen and oxygen atoms in total. The van der Waals surface area contributed by atoms with Gasteiger partial charge in [0.15, 0.2) is 5.69 Å². The van der Waals surface area contributed by atoms with Crippen LogP contribution in [0.3, 0.4) is 0 Å². The molecular weight excluding hydrogens is 347 g/mol. The summed E-state index contributed by atoms with van der Waals surface area (Å²) in [5.74, 6) is 0.0707. The maximum Gasteiger partial charge on any atom is 0.435 e. The number of aryl methyl sites for hydroxylation is 1. The zero-order chi connectivity index (χ0) is 19.1. The summed E-state index contributed by atoms with van der Waals surface area (Å²) in [6.07, 6.45) is -0.397. The minimum atomic E-state index is -4.41. The molecule has 8 heteroatoms. The first-order valence-corrected chi connectivity index (χ1v) is 9.17. The summed E-state index contributed by atoms with van der Waals surface area (Å²) in [4.78, 5) is 14.2. The predicted molar refractivity (Wildman–Crippen MR) is 89.1 cm³/mol. The number of aliphatic hydroxyl groups excluding tert-OH is 1. The minimum absolute atomic E-state index is 0.0323. The third-order valence-corrected chi connectivity index (χ3v) is 5.78. The fourth-order valence-electron chi connectivity index (χ4n) is 4.52. The fraction of sp³-hybridized carbons (Fsp3) is 0.778. The van der Waals surface area contributed by atoms with E-state index in [0.717, 1.165) is 25.3 Å². The lowest BCUT2D eigenvalue weighted by atomic mass is 9.56. The molecule has 3 rings (SSSR count). The second-order valence-electron chi connectivity index (χ2n) is 7.98. The number of nitrogens with zero attached hydrogens (tertiary/aromatic N) is 3. The molecule has 26 heavy (non-hydrogen) atoms. The average molecular weight is 373 g/mol. The number of rotatable bonds is 6. The molecular formula is C18H26F3N3O2. The van der Waals surface area contributed by atoms with E-state index in [0.29, 0.717) is 37.5 Å². The quantitative estimate of drug-likeness (QED) is 0.834. The number of alkyl halides is 3. The normalized spacial score (nSPS) is 20.8. The molecule has 1 saturated heterocycles. The van der Waals surface area contributed by atoms with Crippen molar-refractivity contribution in [2.45, 2.75) is 45.2 Å². The second kappa shape index (κ2) is 6.87. The highest BCUT2D eigenvalue weighted by Crippen LogP contribution is 2.53. The second-order valence-corrected chi connectivity index (χ2v) is 7.98. The van der Waals surface area contributed by atoms with E-state index < -0.39 is 11.9 Å². The van der Waals surface area contributed by atoms with Crippen molar-refractivity contribution >= 4 is 5.91 Å². The Hall–Kier alpha value is -1.57. The number of halogens is 3. The van der Waals surface area contributed by atoms with Gasteiger partial charge in [0.2, 0.25) is 5.91 Å². The lowest BCUT2D eigenvalue weighted by Gasteiger charge is -2.59. The maximum atomic E-state index is 12.7. The zero-order valence-electron chi connectivity index (χ0n) is 15.2. The Morgan fingerprint density at radius 3 is 2.58 bits per heavy atom. The van der Waals surface area contributed by atoms with Gasteiger partial charge in [-0.2, -0.15) is 18.3 Å². The van der Waals surface area contributed by atoms with Crippen LogP contribution in [0.4, 0.5) is 13.2 Å². The predicted octanol–water partition coefficient (Wildman–Crippen LogP) is 2.63. The number of hydrogen-bond acceptors (Lipinski definition) is 3. The van der Waals surface area contributed by atoms with Crippen molar-refractivity contribution in [2.24, 2.45) is 24.3 Å². The molecule has 2 aliphatic rings. The first-order chi connectivity index (χ1) is 12.2. The van der Waals surface area contributed by atoms with E-state index in [9.17, 15) is 23.1 Å². The summed E-state index contributed by atoms with van der Waals surface area (Å²) in [6, 6.07) is 1.14. The van der Waals surface area contributed by atoms with E-state index in [-0.39, 0.29) is 23.8 Å². The first-order valence-electron chi connectivity index (χ1n) is 9.17. The molecule has 2 fully saturated rings. The molecule has 2 heterocycles. The number of amides is 1. The zero-order valence-corrected chi connectivity index (χ0v) is 15.2. The molecule has 1 aromatic rings. The fourth-order valence-corrected chi connectivity index (χ4v) is 4.52. The molecule has 0 radical (unpaired) electrons. The Labute approximate surface area is 151 Å². The van der Waals surface area contributed by atoms with E-state index in [1.54, 1.807) is 7.05 Å². The lowest BCUT2D eigenvalue weighted by molar-refractivity contribution is -0.160. The monoisotopic (exact) mass is 373 g/mol. The molecule has 0 bridgehead atoms. The number of likely N-dealkylation sites (tertiary alicyclic amines) is 1. The highest BCUT2D eigenvalue weighted by Gasteiger charge is 2.54. The van der Waals surface area contributed by atoms with Gasteiger partial charge >= 0.3 is 6.18 Å². The van der Waals surface area contributed by atoms with Crippen LogP contribution < -0.4 is 0 Å². The third kappa shape index (κ3) is 3.61. The molecule has 1 spiro atoms. The standard InChI is InChI=1S/C18H26F3N3O2/c1-3-4-13(9-25)16(26)24-10-17(11-24)7-12(8-17)5-14-6-15(18(19,20)21)22-23(14)2/h6,12-13,25H,3-5,7-11H2,1-2H3/t13-/m1/s1. The largest absolute Gasteiger partial charge is 0.435 e. The van der Waals surface area contributed by atoms with Gasteiger partial charge in [0.1, 0.15) is 0 Å². The average Bonchev–Trinajstić information content (AvgIpc) is 2.86. The van der Waals surface area contributed by atoms with Crippen molar-refractivity contribution in [3.63, 3.8) is 0 Å². The molecule has 1 aromatic heterocycles. The molecule has 1 atom stereocenters. The highest BCUT2D eigenvalue weighted by atomic mass is 19.4. The van der Waals surface area contributed by atoms with Crippen LogP contribution >= 0.6 is 0 Å². The van der Waals surface area contributed by atoms with E-state index in [1.807, 2.05) is 11.8 Å². The summed E-state index contributed by atoms with van der Waals surface area (Å²) < 4.78 is 39.5. The molecule has 1 amide bonds. The van der Waals surface area contributed by atoms with Crippen LogP contribution in [0.5, 0.6) is 0 Å². The van der Waals surface area contributed by atoms with Gasteiger partial charge in [0.25, 0.3) is 0 Å². The first kappa shape index (κ1) is 19.2. The van der Waals surface area contributed by atoms with Gasteiger partial charge in [0, 0.05) is 31.2 Å². The molecule has 1 aliphatic carbocycles. The van der Waals surface area contributed by atoms with Crippen molar-refractivity contribution in [3.05, 3.63) is 17.5 Å². The Bertz CT molecular complexity index is 657. The van der Waals surface area contributed by atoms with Gasteiger partial charge in [-0.15, -0.1) is 0 Å². The van der Waals surface area contributed by atoms with Crippen molar-refractivity contribution in [3.8, 4) is 0 Å². The summed E-state index contributed by atoms with van der Waals surface area (Å²) in [6.45, 7) is 3.30. The van der Waals surface area contributed by atoms with Gasteiger partial charge in [-0.3, -0.25) is 9.48 Å². The SMILES string of the molecule is CCC[C@H](CO)C(=O)N1CC2(CC(Cc3cc(C(F)(F)F)nn3C)C2)C1. The van der Waals surface area contributed by atoms with Crippen LogP contribution in [0.25, 0.3) is 0 Å². The number of carbonyl (C=O) groups excluding carboxylic acids is 1. The van der Waals surface area contributed by atoms with Crippen molar-refractivity contribution in [1.29, 1.82) is 0 Å². The van der Waals surface area contributed by atoms with E-state index in [4.69, 9.17) is 0 Å². The van der Waals surface area contributed by atoms with Crippen LogP contribution in [0.15, 0.2) is 6.07 Å². The van der Waals surface area contributed by atoms with Gasteiger partial charge in [-0.25, -0.2) is 0 Å².